The van der Waals surface area contributed by atoms with Crippen molar-refractivity contribution >= 4 is 16.8 Å². The predicted molar refractivity (Wildman–Crippen MR) is 128 cm³/mol. The van der Waals surface area contributed by atoms with Gasteiger partial charge in [0.2, 0.25) is 0 Å². The summed E-state index contributed by atoms with van der Waals surface area (Å²) >= 11 is 0. The van der Waals surface area contributed by atoms with Crippen molar-refractivity contribution in [3.63, 3.8) is 0 Å². The number of benzene rings is 3. The van der Waals surface area contributed by atoms with E-state index in [4.69, 9.17) is 0 Å². The van der Waals surface area contributed by atoms with E-state index in [1.807, 2.05) is 18.2 Å². The van der Waals surface area contributed by atoms with Crippen LogP contribution in [-0.2, 0) is 6.54 Å². The number of carbonyl (C=O) groups excluding carboxylic acids is 1. The molecule has 162 valence electrons. The van der Waals surface area contributed by atoms with Crippen molar-refractivity contribution in [2.75, 3.05) is 20.1 Å². The Hall–Kier alpha value is -2.85. The second-order valence-electron chi connectivity index (χ2n) is 8.95. The molecule has 1 aliphatic rings. The fraction of sp³-hybridized carbons (Fsp3) is 0.370. The molecule has 1 fully saturated rings. The molecule has 1 N–H and O–H groups in total. The molecule has 0 bridgehead atoms. The van der Waals surface area contributed by atoms with Gasteiger partial charge in [0.05, 0.1) is 6.04 Å². The molecular formula is C27H33N3O. The first-order chi connectivity index (χ1) is 15.0. The van der Waals surface area contributed by atoms with Gasteiger partial charge in [-0.05, 0) is 54.8 Å². The van der Waals surface area contributed by atoms with Crippen molar-refractivity contribution in [3.8, 4) is 0 Å². The first-order valence-corrected chi connectivity index (χ1v) is 11.3. The van der Waals surface area contributed by atoms with E-state index in [0.29, 0.717) is 12.5 Å². The van der Waals surface area contributed by atoms with Crippen LogP contribution in [0.25, 0.3) is 10.8 Å². The predicted octanol–water partition coefficient (Wildman–Crippen LogP) is 5.45. The number of nitrogens with zero attached hydrogens (tertiary/aromatic N) is 2. The van der Waals surface area contributed by atoms with Gasteiger partial charge in [-0.1, -0.05) is 79.7 Å². The highest BCUT2D eigenvalue weighted by molar-refractivity contribution is 5.86. The molecule has 1 saturated heterocycles. The van der Waals surface area contributed by atoms with Crippen LogP contribution in [0.3, 0.4) is 0 Å². The summed E-state index contributed by atoms with van der Waals surface area (Å²) in [5.74, 6) is 0.432. The van der Waals surface area contributed by atoms with Gasteiger partial charge in [-0.25, -0.2) is 4.79 Å². The summed E-state index contributed by atoms with van der Waals surface area (Å²) in [6.45, 7) is 7.01. The quantitative estimate of drug-likeness (QED) is 0.601. The third kappa shape index (κ3) is 4.91. The van der Waals surface area contributed by atoms with Crippen LogP contribution in [0, 0.1) is 5.92 Å². The Morgan fingerprint density at radius 1 is 1.06 bits per heavy atom. The van der Waals surface area contributed by atoms with E-state index in [9.17, 15) is 4.79 Å². The number of nitrogens with one attached hydrogen (secondary N) is 1. The van der Waals surface area contributed by atoms with E-state index in [-0.39, 0.29) is 18.1 Å². The molecule has 2 amide bonds. The molecule has 0 spiro atoms. The fourth-order valence-corrected chi connectivity index (χ4v) is 4.90. The minimum Gasteiger partial charge on any atom is -0.331 e. The molecule has 1 heterocycles. The van der Waals surface area contributed by atoms with E-state index in [1.54, 1.807) is 0 Å². The number of carbonyl (C=O) groups is 1. The van der Waals surface area contributed by atoms with Crippen molar-refractivity contribution in [1.82, 2.24) is 15.1 Å². The Balaban J connectivity index is 1.57. The molecule has 4 rings (SSSR count). The normalized spacial score (nSPS) is 20.4. The summed E-state index contributed by atoms with van der Waals surface area (Å²) in [4.78, 5) is 18.0. The molecule has 0 aromatic heterocycles. The number of hydrogen-bond acceptors (Lipinski definition) is 2. The maximum Gasteiger partial charge on any atom is 0.318 e. The molecule has 3 atom stereocenters. The smallest absolute Gasteiger partial charge is 0.318 e. The van der Waals surface area contributed by atoms with Crippen LogP contribution in [0.15, 0.2) is 72.8 Å². The van der Waals surface area contributed by atoms with Gasteiger partial charge in [0.25, 0.3) is 0 Å². The van der Waals surface area contributed by atoms with Crippen molar-refractivity contribution < 1.29 is 4.79 Å². The summed E-state index contributed by atoms with van der Waals surface area (Å²) in [6.07, 6.45) is 1.00. The zero-order chi connectivity index (χ0) is 21.8. The average Bonchev–Trinajstić information content (AvgIpc) is 2.78. The SMILES string of the molecule is CC1CN(C)CCC1N(Cc1ccccc1)C(=O)N[C@H](C)c1cccc2ccccc12. The molecule has 4 heteroatoms. The van der Waals surface area contributed by atoms with E-state index in [1.165, 1.54) is 16.3 Å². The molecule has 3 aromatic rings. The third-order valence-electron chi connectivity index (χ3n) is 6.55. The monoisotopic (exact) mass is 415 g/mol. The number of fused-ring (bicyclic) bond motifs is 1. The lowest BCUT2D eigenvalue weighted by Gasteiger charge is -2.42. The van der Waals surface area contributed by atoms with Gasteiger partial charge in [-0.15, -0.1) is 0 Å². The van der Waals surface area contributed by atoms with Crippen LogP contribution in [0.2, 0.25) is 0 Å². The van der Waals surface area contributed by atoms with Crippen molar-refractivity contribution in [3.05, 3.63) is 83.9 Å². The zero-order valence-corrected chi connectivity index (χ0v) is 18.8. The summed E-state index contributed by atoms with van der Waals surface area (Å²) in [6, 6.07) is 25.2. The van der Waals surface area contributed by atoms with Crippen LogP contribution < -0.4 is 5.32 Å². The minimum absolute atomic E-state index is 0.0192. The Bertz CT molecular complexity index is 1010. The van der Waals surface area contributed by atoms with Gasteiger partial charge in [-0.2, -0.15) is 0 Å². The van der Waals surface area contributed by atoms with Crippen LogP contribution in [0.1, 0.15) is 37.4 Å². The maximum atomic E-state index is 13.6. The van der Waals surface area contributed by atoms with Gasteiger partial charge in [0.1, 0.15) is 0 Å². The number of likely N-dealkylation sites (tertiary alicyclic amines) is 1. The number of rotatable bonds is 5. The zero-order valence-electron chi connectivity index (χ0n) is 18.8. The van der Waals surface area contributed by atoms with Crippen LogP contribution >= 0.6 is 0 Å². The van der Waals surface area contributed by atoms with Crippen LogP contribution in [0.4, 0.5) is 4.79 Å². The molecule has 0 saturated carbocycles. The average molecular weight is 416 g/mol. The molecule has 1 aliphatic heterocycles. The maximum absolute atomic E-state index is 13.6. The highest BCUT2D eigenvalue weighted by Crippen LogP contribution is 2.27. The largest absolute Gasteiger partial charge is 0.331 e. The van der Waals surface area contributed by atoms with E-state index in [2.05, 4.69) is 90.6 Å². The molecule has 3 aromatic carbocycles. The Kier molecular flexibility index (Phi) is 6.57. The highest BCUT2D eigenvalue weighted by Gasteiger charge is 2.32. The standard InChI is InChI=1S/C27H33N3O/c1-20-18-29(3)17-16-26(20)30(19-22-10-5-4-6-11-22)27(31)28-21(2)24-15-9-13-23-12-7-8-14-25(23)24/h4-15,20-21,26H,16-19H2,1-3H3,(H,28,31)/t20?,21-,26?/m1/s1. The fourth-order valence-electron chi connectivity index (χ4n) is 4.90. The Labute approximate surface area is 185 Å². The van der Waals surface area contributed by atoms with Crippen LogP contribution in [0.5, 0.6) is 0 Å². The summed E-state index contributed by atoms with van der Waals surface area (Å²) < 4.78 is 0. The van der Waals surface area contributed by atoms with Crippen molar-refractivity contribution in [2.24, 2.45) is 5.92 Å². The van der Waals surface area contributed by atoms with Crippen LogP contribution in [-0.4, -0.2) is 42.0 Å². The number of amides is 2. The lowest BCUT2D eigenvalue weighted by Crippen LogP contribution is -2.53. The second-order valence-corrected chi connectivity index (χ2v) is 8.95. The Morgan fingerprint density at radius 3 is 2.55 bits per heavy atom. The summed E-state index contributed by atoms with van der Waals surface area (Å²) in [7, 11) is 2.16. The minimum atomic E-state index is -0.0709. The lowest BCUT2D eigenvalue weighted by molar-refractivity contribution is 0.0874. The summed E-state index contributed by atoms with van der Waals surface area (Å²) in [5.41, 5.74) is 2.32. The Morgan fingerprint density at radius 2 is 1.77 bits per heavy atom. The molecule has 4 nitrogen and oxygen atoms in total. The van der Waals surface area contributed by atoms with Crippen molar-refractivity contribution in [1.29, 1.82) is 0 Å². The highest BCUT2D eigenvalue weighted by atomic mass is 16.2. The van der Waals surface area contributed by atoms with Gasteiger partial charge in [-0.3, -0.25) is 0 Å². The van der Waals surface area contributed by atoms with Gasteiger partial charge in [0, 0.05) is 19.1 Å². The van der Waals surface area contributed by atoms with E-state index in [0.717, 1.165) is 25.1 Å². The molecule has 2 unspecified atom stereocenters. The second kappa shape index (κ2) is 9.52. The van der Waals surface area contributed by atoms with E-state index >= 15 is 0 Å². The van der Waals surface area contributed by atoms with Crippen molar-refractivity contribution in [2.45, 2.75) is 38.9 Å². The number of urea groups is 1. The topological polar surface area (TPSA) is 35.6 Å². The number of hydrogen-bond donors (Lipinski definition) is 1. The first kappa shape index (κ1) is 21.4. The van der Waals surface area contributed by atoms with Gasteiger partial charge < -0.3 is 15.1 Å². The van der Waals surface area contributed by atoms with E-state index < -0.39 is 0 Å². The summed E-state index contributed by atoms with van der Waals surface area (Å²) in [5, 5.41) is 5.71. The number of piperidine rings is 1. The first-order valence-electron chi connectivity index (χ1n) is 11.3. The molecule has 31 heavy (non-hydrogen) atoms. The molecule has 0 radical (unpaired) electrons. The molecular weight excluding hydrogens is 382 g/mol. The molecule has 0 aliphatic carbocycles. The lowest BCUT2D eigenvalue weighted by atomic mass is 9.92. The third-order valence-corrected chi connectivity index (χ3v) is 6.55. The van der Waals surface area contributed by atoms with Gasteiger partial charge >= 0.3 is 6.03 Å². The van der Waals surface area contributed by atoms with Gasteiger partial charge in [0.15, 0.2) is 0 Å².